The highest BCUT2D eigenvalue weighted by molar-refractivity contribution is 5.86. The fraction of sp³-hybridized carbons (Fsp3) is 0.308. The summed E-state index contributed by atoms with van der Waals surface area (Å²) in [5.74, 6) is -11.0. The molecule has 1 aromatic carbocycles. The zero-order valence-electron chi connectivity index (χ0n) is 11.3. The predicted octanol–water partition coefficient (Wildman–Crippen LogP) is 1.63. The summed E-state index contributed by atoms with van der Waals surface area (Å²) in [4.78, 5) is 33.1. The monoisotopic (exact) mass is 321 g/mol. The molecule has 1 rings (SSSR count). The van der Waals surface area contributed by atoms with Crippen LogP contribution in [0, 0.1) is 23.3 Å². The van der Waals surface area contributed by atoms with E-state index in [2.05, 4.69) is 4.74 Å². The van der Waals surface area contributed by atoms with E-state index in [-0.39, 0.29) is 24.7 Å². The lowest BCUT2D eigenvalue weighted by atomic mass is 10.2. The molecule has 9 heteroatoms. The SMILES string of the molecule is CC(=O)CCC(=O)NCC(=O)Oc1c(F)c(F)cc(F)c1F. The van der Waals surface area contributed by atoms with Gasteiger partial charge in [0.15, 0.2) is 11.6 Å². The van der Waals surface area contributed by atoms with Gasteiger partial charge in [0.2, 0.25) is 23.3 Å². The van der Waals surface area contributed by atoms with Crippen molar-refractivity contribution in [2.24, 2.45) is 0 Å². The molecule has 0 saturated heterocycles. The first-order valence-corrected chi connectivity index (χ1v) is 6.02. The normalized spacial score (nSPS) is 10.2. The Labute approximate surface area is 122 Å². The van der Waals surface area contributed by atoms with Gasteiger partial charge in [-0.3, -0.25) is 4.79 Å². The summed E-state index contributed by atoms with van der Waals surface area (Å²) < 4.78 is 56.4. The van der Waals surface area contributed by atoms with E-state index in [1.54, 1.807) is 0 Å². The second-order valence-electron chi connectivity index (χ2n) is 4.25. The van der Waals surface area contributed by atoms with E-state index < -0.39 is 47.4 Å². The zero-order chi connectivity index (χ0) is 16.9. The van der Waals surface area contributed by atoms with Crippen molar-refractivity contribution in [1.82, 2.24) is 5.32 Å². The van der Waals surface area contributed by atoms with E-state index >= 15 is 0 Å². The summed E-state index contributed by atoms with van der Waals surface area (Å²) in [6.45, 7) is 0.485. The number of nitrogens with one attached hydrogen (secondary N) is 1. The van der Waals surface area contributed by atoms with Crippen molar-refractivity contribution in [2.75, 3.05) is 6.54 Å². The van der Waals surface area contributed by atoms with Crippen LogP contribution in [0.4, 0.5) is 17.6 Å². The molecule has 0 aliphatic heterocycles. The molecular formula is C13H11F4NO4. The molecule has 0 aliphatic carbocycles. The molecule has 0 aromatic heterocycles. The Balaban J connectivity index is 2.63. The largest absolute Gasteiger partial charge is 0.419 e. The summed E-state index contributed by atoms with van der Waals surface area (Å²) in [6, 6.07) is -0.0362. The molecule has 0 fully saturated rings. The predicted molar refractivity (Wildman–Crippen MR) is 64.8 cm³/mol. The number of esters is 1. The van der Waals surface area contributed by atoms with Crippen molar-refractivity contribution in [1.29, 1.82) is 0 Å². The van der Waals surface area contributed by atoms with Gasteiger partial charge in [-0.25, -0.2) is 13.6 Å². The number of amides is 1. The summed E-state index contributed by atoms with van der Waals surface area (Å²) >= 11 is 0. The Morgan fingerprint density at radius 1 is 1.05 bits per heavy atom. The summed E-state index contributed by atoms with van der Waals surface area (Å²) in [6.07, 6.45) is -0.223. The highest BCUT2D eigenvalue weighted by atomic mass is 19.2. The Morgan fingerprint density at radius 2 is 1.59 bits per heavy atom. The molecule has 0 radical (unpaired) electrons. The van der Waals surface area contributed by atoms with Crippen molar-refractivity contribution >= 4 is 17.7 Å². The van der Waals surface area contributed by atoms with Gasteiger partial charge in [0.25, 0.3) is 0 Å². The third-order valence-electron chi connectivity index (χ3n) is 2.42. The van der Waals surface area contributed by atoms with Crippen LogP contribution in [0.5, 0.6) is 5.75 Å². The van der Waals surface area contributed by atoms with Crippen LogP contribution in [0.25, 0.3) is 0 Å². The number of ether oxygens (including phenoxy) is 1. The van der Waals surface area contributed by atoms with Crippen molar-refractivity contribution in [3.05, 3.63) is 29.3 Å². The maximum Gasteiger partial charge on any atom is 0.331 e. The smallest absolute Gasteiger partial charge is 0.331 e. The maximum atomic E-state index is 13.2. The van der Waals surface area contributed by atoms with Gasteiger partial charge in [-0.05, 0) is 6.92 Å². The number of halogens is 4. The van der Waals surface area contributed by atoms with E-state index in [0.29, 0.717) is 0 Å². The lowest BCUT2D eigenvalue weighted by molar-refractivity contribution is -0.136. The number of Topliss-reactive ketones (excluding diaryl/α,β-unsaturated/α-hetero) is 1. The van der Waals surface area contributed by atoms with Gasteiger partial charge in [0.1, 0.15) is 12.3 Å². The third-order valence-corrected chi connectivity index (χ3v) is 2.42. The van der Waals surface area contributed by atoms with E-state index in [4.69, 9.17) is 0 Å². The molecule has 22 heavy (non-hydrogen) atoms. The second kappa shape index (κ2) is 7.53. The molecule has 120 valence electrons. The van der Waals surface area contributed by atoms with Crippen LogP contribution < -0.4 is 10.1 Å². The van der Waals surface area contributed by atoms with Crippen LogP contribution in [0.2, 0.25) is 0 Å². The van der Waals surface area contributed by atoms with Gasteiger partial charge >= 0.3 is 5.97 Å². The van der Waals surface area contributed by atoms with Gasteiger partial charge < -0.3 is 14.8 Å². The fourth-order valence-corrected chi connectivity index (χ4v) is 1.34. The molecule has 5 nitrogen and oxygen atoms in total. The number of benzene rings is 1. The van der Waals surface area contributed by atoms with Gasteiger partial charge in [-0.2, -0.15) is 8.78 Å². The molecule has 1 N–H and O–H groups in total. The third kappa shape index (κ3) is 4.83. The first kappa shape index (κ1) is 17.6. The van der Waals surface area contributed by atoms with E-state index in [9.17, 15) is 31.9 Å². The number of hydrogen-bond acceptors (Lipinski definition) is 4. The number of hydrogen-bond donors (Lipinski definition) is 1. The number of rotatable bonds is 6. The highest BCUT2D eigenvalue weighted by Gasteiger charge is 2.23. The van der Waals surface area contributed by atoms with Crippen LogP contribution in [0.3, 0.4) is 0 Å². The molecule has 0 bridgehead atoms. The molecular weight excluding hydrogens is 310 g/mol. The second-order valence-corrected chi connectivity index (χ2v) is 4.25. The van der Waals surface area contributed by atoms with Crippen LogP contribution in [-0.2, 0) is 14.4 Å². The van der Waals surface area contributed by atoms with Crippen molar-refractivity contribution < 1.29 is 36.7 Å². The van der Waals surface area contributed by atoms with Gasteiger partial charge in [-0.1, -0.05) is 0 Å². The zero-order valence-corrected chi connectivity index (χ0v) is 11.3. The molecule has 0 unspecified atom stereocenters. The van der Waals surface area contributed by atoms with Crippen molar-refractivity contribution in [3.63, 3.8) is 0 Å². The van der Waals surface area contributed by atoms with Crippen LogP contribution in [-0.4, -0.2) is 24.2 Å². The lowest BCUT2D eigenvalue weighted by Gasteiger charge is -2.08. The molecule has 0 atom stereocenters. The summed E-state index contributed by atoms with van der Waals surface area (Å²) in [5, 5.41) is 2.03. The number of carbonyl (C=O) groups is 3. The maximum absolute atomic E-state index is 13.2. The molecule has 0 aliphatic rings. The Kier molecular flexibility index (Phi) is 6.02. The van der Waals surface area contributed by atoms with Crippen LogP contribution in [0.15, 0.2) is 6.07 Å². The standard InChI is InChI=1S/C13H11F4NO4/c1-6(19)2-3-9(20)18-5-10(21)22-13-11(16)7(14)4-8(15)12(13)17/h4H,2-3,5H2,1H3,(H,18,20). The average molecular weight is 321 g/mol. The average Bonchev–Trinajstić information content (AvgIpc) is 2.45. The van der Waals surface area contributed by atoms with E-state index in [0.717, 1.165) is 0 Å². The molecule has 0 saturated carbocycles. The Hall–Kier alpha value is -2.45. The molecule has 0 spiro atoms. The van der Waals surface area contributed by atoms with Crippen molar-refractivity contribution in [3.8, 4) is 5.75 Å². The Morgan fingerprint density at radius 3 is 2.09 bits per heavy atom. The number of carbonyl (C=O) groups excluding carboxylic acids is 3. The minimum absolute atomic E-state index is 0.0362. The first-order valence-electron chi connectivity index (χ1n) is 6.02. The van der Waals surface area contributed by atoms with Crippen LogP contribution in [0.1, 0.15) is 19.8 Å². The minimum Gasteiger partial charge on any atom is -0.419 e. The van der Waals surface area contributed by atoms with Gasteiger partial charge in [-0.15, -0.1) is 0 Å². The fourth-order valence-electron chi connectivity index (χ4n) is 1.34. The van der Waals surface area contributed by atoms with Crippen molar-refractivity contribution in [2.45, 2.75) is 19.8 Å². The minimum atomic E-state index is -1.87. The highest BCUT2D eigenvalue weighted by Crippen LogP contribution is 2.26. The molecule has 1 aromatic rings. The Bertz CT molecular complexity index is 592. The molecule has 1 amide bonds. The van der Waals surface area contributed by atoms with Crippen LogP contribution >= 0.6 is 0 Å². The van der Waals surface area contributed by atoms with Gasteiger partial charge in [0, 0.05) is 18.9 Å². The summed E-state index contributed by atoms with van der Waals surface area (Å²) in [5.41, 5.74) is 0. The van der Waals surface area contributed by atoms with E-state index in [1.165, 1.54) is 6.92 Å². The quantitative estimate of drug-likeness (QED) is 0.374. The lowest BCUT2D eigenvalue weighted by Crippen LogP contribution is -2.32. The first-order chi connectivity index (χ1) is 10.2. The summed E-state index contributed by atoms with van der Waals surface area (Å²) in [7, 11) is 0. The number of ketones is 1. The van der Waals surface area contributed by atoms with Gasteiger partial charge in [0.05, 0.1) is 0 Å². The topological polar surface area (TPSA) is 72.5 Å². The van der Waals surface area contributed by atoms with E-state index in [1.807, 2.05) is 5.32 Å². The molecule has 0 heterocycles.